The Morgan fingerprint density at radius 1 is 1.08 bits per heavy atom. The van der Waals surface area contributed by atoms with Gasteiger partial charge in [-0.15, -0.1) is 0 Å². The average Bonchev–Trinajstić information content (AvgIpc) is 2.09. The van der Waals surface area contributed by atoms with E-state index in [1.54, 1.807) is 0 Å². The van der Waals surface area contributed by atoms with Crippen LogP contribution in [-0.4, -0.2) is 17.0 Å². The zero-order valence-corrected chi connectivity index (χ0v) is 9.65. The summed E-state index contributed by atoms with van der Waals surface area (Å²) in [5.74, 6) is 0.862. The molecule has 1 atom stereocenters. The molecular weight excluding hydrogens is 216 g/mol. The molecule has 0 heterocycles. The Labute approximate surface area is 84.7 Å². The monoisotopic (exact) mass is 236 g/mol. The summed E-state index contributed by atoms with van der Waals surface area (Å²) in [6, 6.07) is 0. The van der Waals surface area contributed by atoms with E-state index >= 15 is 0 Å². The summed E-state index contributed by atoms with van der Waals surface area (Å²) in [7, 11) is 0. The average molecular weight is 237 g/mol. The summed E-state index contributed by atoms with van der Waals surface area (Å²) in [6.07, 6.45) is 7.41. The summed E-state index contributed by atoms with van der Waals surface area (Å²) >= 11 is 3.44. The molecule has 0 spiro atoms. The number of hydrogen-bond acceptors (Lipinski definition) is 1. The van der Waals surface area contributed by atoms with Crippen LogP contribution < -0.4 is 0 Å². The molecule has 0 aromatic carbocycles. The van der Waals surface area contributed by atoms with Gasteiger partial charge in [0.25, 0.3) is 0 Å². The molecule has 0 aliphatic rings. The van der Waals surface area contributed by atoms with Crippen LogP contribution in [0.25, 0.3) is 0 Å². The lowest BCUT2D eigenvalue weighted by atomic mass is 9.99. The highest BCUT2D eigenvalue weighted by atomic mass is 79.9. The minimum absolute atomic E-state index is 0.357. The van der Waals surface area contributed by atoms with Crippen LogP contribution in [0, 0.1) is 5.92 Å². The van der Waals surface area contributed by atoms with Crippen LogP contribution in [-0.2, 0) is 0 Å². The largest absolute Gasteiger partial charge is 0.396 e. The predicted molar refractivity (Wildman–Crippen MR) is 57.7 cm³/mol. The normalized spacial score (nSPS) is 13.2. The molecule has 1 nitrogen and oxygen atoms in total. The van der Waals surface area contributed by atoms with Crippen LogP contribution in [0.2, 0.25) is 0 Å². The SMILES string of the molecule is C[C@H](CCCBr)CCCCCO. The molecule has 0 bridgehead atoms. The highest BCUT2D eigenvalue weighted by molar-refractivity contribution is 9.09. The summed E-state index contributed by atoms with van der Waals surface area (Å²) in [5, 5.41) is 9.70. The topological polar surface area (TPSA) is 20.2 Å². The van der Waals surface area contributed by atoms with E-state index in [4.69, 9.17) is 5.11 Å². The summed E-state index contributed by atoms with van der Waals surface area (Å²) < 4.78 is 0. The van der Waals surface area contributed by atoms with Crippen molar-refractivity contribution < 1.29 is 5.11 Å². The van der Waals surface area contributed by atoms with Crippen molar-refractivity contribution in [3.8, 4) is 0 Å². The third-order valence-corrected chi connectivity index (χ3v) is 2.75. The van der Waals surface area contributed by atoms with E-state index in [9.17, 15) is 0 Å². The van der Waals surface area contributed by atoms with Crippen molar-refractivity contribution >= 4 is 15.9 Å². The maximum Gasteiger partial charge on any atom is 0.0431 e. The Balaban J connectivity index is 3.02. The molecule has 0 saturated carbocycles. The quantitative estimate of drug-likeness (QED) is 0.507. The van der Waals surface area contributed by atoms with Crippen molar-refractivity contribution in [2.75, 3.05) is 11.9 Å². The Bertz CT molecular complexity index is 85.9. The molecule has 12 heavy (non-hydrogen) atoms. The van der Waals surface area contributed by atoms with E-state index < -0.39 is 0 Å². The Morgan fingerprint density at radius 2 is 1.75 bits per heavy atom. The molecule has 0 radical (unpaired) electrons. The minimum atomic E-state index is 0.357. The van der Waals surface area contributed by atoms with Gasteiger partial charge in [0.2, 0.25) is 0 Å². The smallest absolute Gasteiger partial charge is 0.0431 e. The van der Waals surface area contributed by atoms with Gasteiger partial charge in [-0.2, -0.15) is 0 Å². The molecule has 0 amide bonds. The predicted octanol–water partition coefficient (Wildman–Crippen LogP) is 3.35. The Kier molecular flexibility index (Phi) is 9.88. The maximum atomic E-state index is 8.57. The minimum Gasteiger partial charge on any atom is -0.396 e. The van der Waals surface area contributed by atoms with Crippen molar-refractivity contribution in [2.24, 2.45) is 5.92 Å². The molecular formula is C10H21BrO. The van der Waals surface area contributed by atoms with Gasteiger partial charge in [-0.05, 0) is 25.2 Å². The number of alkyl halides is 1. The van der Waals surface area contributed by atoms with Gasteiger partial charge in [0.15, 0.2) is 0 Å². The first-order chi connectivity index (χ1) is 5.81. The van der Waals surface area contributed by atoms with Crippen LogP contribution in [0.15, 0.2) is 0 Å². The molecule has 2 heteroatoms. The molecule has 0 aliphatic heterocycles. The fraction of sp³-hybridized carbons (Fsp3) is 1.00. The fourth-order valence-electron chi connectivity index (χ4n) is 1.35. The lowest BCUT2D eigenvalue weighted by Crippen LogP contribution is -1.95. The number of aliphatic hydroxyl groups excluding tert-OH is 1. The van der Waals surface area contributed by atoms with Gasteiger partial charge in [0.05, 0.1) is 0 Å². The first-order valence-electron chi connectivity index (χ1n) is 4.98. The molecule has 0 aromatic rings. The number of rotatable bonds is 8. The van der Waals surface area contributed by atoms with Gasteiger partial charge in [-0.3, -0.25) is 0 Å². The van der Waals surface area contributed by atoms with Gasteiger partial charge < -0.3 is 5.11 Å². The maximum absolute atomic E-state index is 8.57. The van der Waals surface area contributed by atoms with Crippen molar-refractivity contribution in [1.82, 2.24) is 0 Å². The molecule has 0 aromatic heterocycles. The zero-order valence-electron chi connectivity index (χ0n) is 8.06. The van der Waals surface area contributed by atoms with Gasteiger partial charge >= 0.3 is 0 Å². The summed E-state index contributed by atoms with van der Waals surface area (Å²) in [6.45, 7) is 2.68. The molecule has 0 rings (SSSR count). The van der Waals surface area contributed by atoms with Gasteiger partial charge in [0.1, 0.15) is 0 Å². The van der Waals surface area contributed by atoms with E-state index in [1.165, 1.54) is 32.1 Å². The van der Waals surface area contributed by atoms with Crippen molar-refractivity contribution in [2.45, 2.75) is 45.4 Å². The lowest BCUT2D eigenvalue weighted by molar-refractivity contribution is 0.280. The number of hydrogen-bond donors (Lipinski definition) is 1. The first-order valence-corrected chi connectivity index (χ1v) is 6.10. The van der Waals surface area contributed by atoms with Crippen LogP contribution in [0.5, 0.6) is 0 Å². The highest BCUT2D eigenvalue weighted by Crippen LogP contribution is 2.15. The number of halogens is 1. The van der Waals surface area contributed by atoms with Gasteiger partial charge in [-0.25, -0.2) is 0 Å². The molecule has 0 saturated heterocycles. The summed E-state index contributed by atoms with van der Waals surface area (Å²) in [4.78, 5) is 0. The standard InChI is InChI=1S/C10H21BrO/c1-10(7-5-8-11)6-3-2-4-9-12/h10,12H,2-9H2,1H3/t10-/m0/s1. The third-order valence-electron chi connectivity index (χ3n) is 2.19. The molecule has 0 unspecified atom stereocenters. The second kappa shape index (κ2) is 9.53. The molecule has 74 valence electrons. The van der Waals surface area contributed by atoms with Crippen molar-refractivity contribution in [3.63, 3.8) is 0 Å². The van der Waals surface area contributed by atoms with Crippen molar-refractivity contribution in [3.05, 3.63) is 0 Å². The van der Waals surface area contributed by atoms with Crippen LogP contribution in [0.4, 0.5) is 0 Å². The highest BCUT2D eigenvalue weighted by Gasteiger charge is 2.00. The van der Waals surface area contributed by atoms with Crippen LogP contribution in [0.1, 0.15) is 45.4 Å². The molecule has 0 fully saturated rings. The van der Waals surface area contributed by atoms with E-state index in [2.05, 4.69) is 22.9 Å². The number of unbranched alkanes of at least 4 members (excludes halogenated alkanes) is 2. The van der Waals surface area contributed by atoms with E-state index in [-0.39, 0.29) is 0 Å². The third kappa shape index (κ3) is 8.54. The van der Waals surface area contributed by atoms with E-state index in [1.807, 2.05) is 0 Å². The van der Waals surface area contributed by atoms with Crippen LogP contribution in [0.3, 0.4) is 0 Å². The molecule has 0 aliphatic carbocycles. The Morgan fingerprint density at radius 3 is 2.33 bits per heavy atom. The van der Waals surface area contributed by atoms with Gasteiger partial charge in [-0.1, -0.05) is 42.1 Å². The lowest BCUT2D eigenvalue weighted by Gasteiger charge is -2.09. The zero-order chi connectivity index (χ0) is 9.23. The number of aliphatic hydroxyl groups is 1. The van der Waals surface area contributed by atoms with Gasteiger partial charge in [0, 0.05) is 11.9 Å². The summed E-state index contributed by atoms with van der Waals surface area (Å²) in [5.41, 5.74) is 0. The van der Waals surface area contributed by atoms with E-state index in [0.717, 1.165) is 17.7 Å². The van der Waals surface area contributed by atoms with E-state index in [0.29, 0.717) is 6.61 Å². The molecule has 1 N–H and O–H groups in total. The fourth-order valence-corrected chi connectivity index (χ4v) is 1.68. The Hall–Kier alpha value is 0.440. The first kappa shape index (κ1) is 12.4. The second-order valence-electron chi connectivity index (χ2n) is 3.51. The second-order valence-corrected chi connectivity index (χ2v) is 4.30. The van der Waals surface area contributed by atoms with Crippen molar-refractivity contribution in [1.29, 1.82) is 0 Å². The van der Waals surface area contributed by atoms with Crippen LogP contribution >= 0.6 is 15.9 Å².